The van der Waals surface area contributed by atoms with Crippen molar-refractivity contribution in [2.75, 3.05) is 7.11 Å². The first-order chi connectivity index (χ1) is 10.4. The number of hydrogen-bond acceptors (Lipinski definition) is 1. The third kappa shape index (κ3) is 4.47. The van der Waals surface area contributed by atoms with E-state index in [-0.39, 0.29) is 0 Å². The zero-order chi connectivity index (χ0) is 16.2. The summed E-state index contributed by atoms with van der Waals surface area (Å²) in [6, 6.07) is 17.8. The molecule has 0 heterocycles. The minimum atomic E-state index is -1.18. The van der Waals surface area contributed by atoms with Crippen LogP contribution in [0.25, 0.3) is 0 Å². The van der Waals surface area contributed by atoms with Crippen LogP contribution in [0.2, 0.25) is 19.6 Å². The highest BCUT2D eigenvalue weighted by molar-refractivity contribution is 6.88. The Bertz CT molecular complexity index is 579. The molecule has 2 heteroatoms. The molecule has 2 aromatic carbocycles. The van der Waals surface area contributed by atoms with Gasteiger partial charge in [-0.25, -0.2) is 0 Å². The molecule has 0 saturated heterocycles. The van der Waals surface area contributed by atoms with Gasteiger partial charge < -0.3 is 4.74 Å². The zero-order valence-corrected chi connectivity index (χ0v) is 15.5. The quantitative estimate of drug-likeness (QED) is 0.684. The van der Waals surface area contributed by atoms with Crippen molar-refractivity contribution in [1.29, 1.82) is 0 Å². The van der Waals surface area contributed by atoms with E-state index in [2.05, 4.69) is 63.0 Å². The minimum Gasteiger partial charge on any atom is -0.497 e. The average Bonchev–Trinajstić information content (AvgIpc) is 2.52. The Morgan fingerprint density at radius 1 is 0.909 bits per heavy atom. The van der Waals surface area contributed by atoms with Gasteiger partial charge in [0.05, 0.1) is 15.2 Å². The van der Waals surface area contributed by atoms with Gasteiger partial charge in [-0.15, -0.1) is 0 Å². The molecule has 22 heavy (non-hydrogen) atoms. The molecule has 1 nitrogen and oxygen atoms in total. The molecule has 0 amide bonds. The molecule has 2 aromatic rings. The van der Waals surface area contributed by atoms with Crippen LogP contribution < -0.4 is 9.92 Å². The standard InChI is InChI=1S/C20H28OSi/c1-16(6-7-17-8-12-19(21-2)13-9-17)18-10-14-20(15-11-18)22(3,4)5/h8-16H,6-7H2,1-5H3. The molecule has 0 N–H and O–H groups in total. The molecule has 0 saturated carbocycles. The molecule has 0 spiro atoms. The van der Waals surface area contributed by atoms with E-state index < -0.39 is 8.07 Å². The van der Waals surface area contributed by atoms with Crippen LogP contribution in [0.4, 0.5) is 0 Å². The van der Waals surface area contributed by atoms with Crippen molar-refractivity contribution in [1.82, 2.24) is 0 Å². The number of aryl methyl sites for hydroxylation is 1. The highest BCUT2D eigenvalue weighted by atomic mass is 28.3. The predicted octanol–water partition coefficient (Wildman–Crippen LogP) is 4.98. The maximum Gasteiger partial charge on any atom is 0.118 e. The monoisotopic (exact) mass is 312 g/mol. The number of rotatable bonds is 6. The summed E-state index contributed by atoms with van der Waals surface area (Å²) in [7, 11) is 0.526. The second kappa shape index (κ2) is 7.15. The second-order valence-corrected chi connectivity index (χ2v) is 12.2. The molecular formula is C20H28OSi. The smallest absolute Gasteiger partial charge is 0.118 e. The Morgan fingerprint density at radius 3 is 2.00 bits per heavy atom. The fraction of sp³-hybridized carbons (Fsp3) is 0.400. The molecular weight excluding hydrogens is 284 g/mol. The molecule has 2 rings (SSSR count). The maximum absolute atomic E-state index is 5.21. The average molecular weight is 313 g/mol. The Balaban J connectivity index is 1.95. The SMILES string of the molecule is COc1ccc(CCC(C)c2ccc([Si](C)(C)C)cc2)cc1. The van der Waals surface area contributed by atoms with E-state index in [1.54, 1.807) is 12.3 Å². The largest absolute Gasteiger partial charge is 0.497 e. The number of benzene rings is 2. The molecule has 0 aliphatic carbocycles. The Kier molecular flexibility index (Phi) is 5.46. The Hall–Kier alpha value is -1.54. The van der Waals surface area contributed by atoms with Gasteiger partial charge in [0.2, 0.25) is 0 Å². The Morgan fingerprint density at radius 2 is 1.50 bits per heavy atom. The number of ether oxygens (including phenoxy) is 1. The minimum absolute atomic E-state index is 0.595. The van der Waals surface area contributed by atoms with Crippen LogP contribution in [0, 0.1) is 0 Å². The molecule has 0 aliphatic rings. The summed E-state index contributed by atoms with van der Waals surface area (Å²) in [5.41, 5.74) is 2.84. The first-order valence-electron chi connectivity index (χ1n) is 8.13. The summed E-state index contributed by atoms with van der Waals surface area (Å²) in [5, 5.41) is 1.54. The van der Waals surface area contributed by atoms with Gasteiger partial charge in [0.1, 0.15) is 5.75 Å². The zero-order valence-electron chi connectivity index (χ0n) is 14.5. The van der Waals surface area contributed by atoms with Crippen molar-refractivity contribution in [3.63, 3.8) is 0 Å². The van der Waals surface area contributed by atoms with Gasteiger partial charge in [0, 0.05) is 0 Å². The molecule has 1 atom stereocenters. The van der Waals surface area contributed by atoms with Gasteiger partial charge in [-0.1, -0.05) is 68.1 Å². The van der Waals surface area contributed by atoms with E-state index in [1.165, 1.54) is 17.5 Å². The van der Waals surface area contributed by atoms with Gasteiger partial charge in [-0.3, -0.25) is 0 Å². The number of methoxy groups -OCH3 is 1. The van der Waals surface area contributed by atoms with E-state index in [4.69, 9.17) is 4.74 Å². The lowest BCUT2D eigenvalue weighted by Crippen LogP contribution is -2.37. The summed E-state index contributed by atoms with van der Waals surface area (Å²) in [4.78, 5) is 0. The lowest BCUT2D eigenvalue weighted by atomic mass is 9.94. The van der Waals surface area contributed by atoms with Gasteiger partial charge in [-0.05, 0) is 42.0 Å². The summed E-state index contributed by atoms with van der Waals surface area (Å²) < 4.78 is 5.21. The second-order valence-electron chi connectivity index (χ2n) is 7.16. The van der Waals surface area contributed by atoms with Crippen molar-refractivity contribution in [3.8, 4) is 5.75 Å². The molecule has 0 radical (unpaired) electrons. The first-order valence-corrected chi connectivity index (χ1v) is 11.6. The van der Waals surface area contributed by atoms with E-state index in [1.807, 2.05) is 12.1 Å². The highest BCUT2D eigenvalue weighted by Crippen LogP contribution is 2.22. The lowest BCUT2D eigenvalue weighted by molar-refractivity contribution is 0.414. The molecule has 0 aliphatic heterocycles. The molecule has 0 fully saturated rings. The predicted molar refractivity (Wildman–Crippen MR) is 99.2 cm³/mol. The van der Waals surface area contributed by atoms with Crippen LogP contribution in [0.5, 0.6) is 5.75 Å². The third-order valence-corrected chi connectivity index (χ3v) is 6.44. The topological polar surface area (TPSA) is 9.23 Å². The summed E-state index contributed by atoms with van der Waals surface area (Å²) >= 11 is 0. The van der Waals surface area contributed by atoms with Gasteiger partial charge >= 0.3 is 0 Å². The van der Waals surface area contributed by atoms with Crippen molar-refractivity contribution in [2.24, 2.45) is 0 Å². The fourth-order valence-corrected chi connectivity index (χ4v) is 3.82. The third-order valence-electron chi connectivity index (χ3n) is 4.37. The number of hydrogen-bond donors (Lipinski definition) is 0. The van der Waals surface area contributed by atoms with Gasteiger partial charge in [0.15, 0.2) is 0 Å². The van der Waals surface area contributed by atoms with Gasteiger partial charge in [-0.2, -0.15) is 0 Å². The van der Waals surface area contributed by atoms with E-state index in [0.717, 1.165) is 12.2 Å². The van der Waals surface area contributed by atoms with E-state index in [0.29, 0.717) is 5.92 Å². The molecule has 0 bridgehead atoms. The summed E-state index contributed by atoms with van der Waals surface area (Å²) in [5.74, 6) is 1.52. The van der Waals surface area contributed by atoms with Crippen LogP contribution in [0.3, 0.4) is 0 Å². The lowest BCUT2D eigenvalue weighted by Gasteiger charge is -2.18. The van der Waals surface area contributed by atoms with Gasteiger partial charge in [0.25, 0.3) is 0 Å². The summed E-state index contributed by atoms with van der Waals surface area (Å²) in [6.45, 7) is 9.52. The Labute approximate surface area is 136 Å². The molecule has 0 aromatic heterocycles. The van der Waals surface area contributed by atoms with Crippen molar-refractivity contribution in [2.45, 2.75) is 45.3 Å². The van der Waals surface area contributed by atoms with Crippen LogP contribution in [-0.2, 0) is 6.42 Å². The maximum atomic E-state index is 5.21. The molecule has 118 valence electrons. The van der Waals surface area contributed by atoms with Crippen molar-refractivity contribution >= 4 is 13.3 Å². The van der Waals surface area contributed by atoms with Crippen molar-refractivity contribution < 1.29 is 4.74 Å². The van der Waals surface area contributed by atoms with Crippen LogP contribution >= 0.6 is 0 Å². The normalized spacial score (nSPS) is 13.0. The first kappa shape index (κ1) is 16.8. The van der Waals surface area contributed by atoms with E-state index >= 15 is 0 Å². The van der Waals surface area contributed by atoms with E-state index in [9.17, 15) is 0 Å². The van der Waals surface area contributed by atoms with Crippen molar-refractivity contribution in [3.05, 3.63) is 59.7 Å². The summed E-state index contributed by atoms with van der Waals surface area (Å²) in [6.07, 6.45) is 2.29. The highest BCUT2D eigenvalue weighted by Gasteiger charge is 2.16. The molecule has 1 unspecified atom stereocenters. The van der Waals surface area contributed by atoms with Crippen LogP contribution in [0.15, 0.2) is 48.5 Å². The fourth-order valence-electron chi connectivity index (χ4n) is 2.65. The van der Waals surface area contributed by atoms with Crippen LogP contribution in [0.1, 0.15) is 30.4 Å². The van der Waals surface area contributed by atoms with Crippen LogP contribution in [-0.4, -0.2) is 15.2 Å².